The summed E-state index contributed by atoms with van der Waals surface area (Å²) in [7, 11) is 0. The lowest BCUT2D eigenvalue weighted by molar-refractivity contribution is -0.133. The number of nitrogens with zero attached hydrogens (tertiary/aromatic N) is 4. The van der Waals surface area contributed by atoms with Gasteiger partial charge in [0.15, 0.2) is 0 Å². The molecule has 0 bridgehead atoms. The van der Waals surface area contributed by atoms with Gasteiger partial charge in [-0.2, -0.15) is 5.10 Å². The fraction of sp³-hybridized carbons (Fsp3) is 0.250. The van der Waals surface area contributed by atoms with Crippen molar-refractivity contribution in [3.63, 3.8) is 0 Å². The van der Waals surface area contributed by atoms with Crippen LogP contribution in [-0.2, 0) is 17.8 Å². The van der Waals surface area contributed by atoms with Crippen LogP contribution in [0.4, 0.5) is 0 Å². The third-order valence-corrected chi connectivity index (χ3v) is 5.21. The van der Waals surface area contributed by atoms with Crippen molar-refractivity contribution in [2.24, 2.45) is 0 Å². The van der Waals surface area contributed by atoms with E-state index in [-0.39, 0.29) is 24.1 Å². The molecule has 1 N–H and O–H groups in total. The highest BCUT2D eigenvalue weighted by Gasteiger charge is 2.19. The molecule has 0 saturated heterocycles. The Labute approximate surface area is 180 Å². The van der Waals surface area contributed by atoms with E-state index >= 15 is 0 Å². The zero-order valence-corrected chi connectivity index (χ0v) is 17.7. The first-order valence-corrected chi connectivity index (χ1v) is 10.4. The molecule has 7 heteroatoms. The van der Waals surface area contributed by atoms with Crippen LogP contribution in [0.2, 0.25) is 0 Å². The van der Waals surface area contributed by atoms with Gasteiger partial charge < -0.3 is 9.88 Å². The molecule has 0 saturated carbocycles. The van der Waals surface area contributed by atoms with Gasteiger partial charge in [-0.1, -0.05) is 30.3 Å². The van der Waals surface area contributed by atoms with Crippen molar-refractivity contribution in [2.45, 2.75) is 39.3 Å². The molecule has 0 radical (unpaired) electrons. The van der Waals surface area contributed by atoms with Gasteiger partial charge in [0.2, 0.25) is 5.91 Å². The molecule has 7 nitrogen and oxygen atoms in total. The van der Waals surface area contributed by atoms with Crippen LogP contribution in [0.5, 0.6) is 0 Å². The highest BCUT2D eigenvalue weighted by Crippen LogP contribution is 2.13. The third kappa shape index (κ3) is 4.71. The molecule has 4 rings (SSSR count). The molecule has 1 amide bonds. The van der Waals surface area contributed by atoms with Crippen molar-refractivity contribution in [3.8, 4) is 5.69 Å². The van der Waals surface area contributed by atoms with E-state index < -0.39 is 0 Å². The second-order valence-corrected chi connectivity index (χ2v) is 7.77. The molecule has 2 heterocycles. The Hall–Kier alpha value is -3.74. The minimum Gasteiger partial charge on any atom is -0.333 e. The first kappa shape index (κ1) is 20.5. The summed E-state index contributed by atoms with van der Waals surface area (Å²) in [6, 6.07) is 17.0. The predicted molar refractivity (Wildman–Crippen MR) is 120 cm³/mol. The van der Waals surface area contributed by atoms with E-state index in [4.69, 9.17) is 0 Å². The molecule has 0 aliphatic carbocycles. The molecule has 0 spiro atoms. The second kappa shape index (κ2) is 8.95. The van der Waals surface area contributed by atoms with Crippen LogP contribution >= 0.6 is 0 Å². The quantitative estimate of drug-likeness (QED) is 0.501. The summed E-state index contributed by atoms with van der Waals surface area (Å²) < 4.78 is 1.81. The number of amides is 1. The van der Waals surface area contributed by atoms with Gasteiger partial charge in [-0.05, 0) is 50.1 Å². The van der Waals surface area contributed by atoms with Gasteiger partial charge in [-0.25, -0.2) is 9.67 Å². The monoisotopic (exact) mass is 415 g/mol. The highest BCUT2D eigenvalue weighted by molar-refractivity contribution is 5.78. The van der Waals surface area contributed by atoms with Crippen molar-refractivity contribution in [3.05, 3.63) is 88.7 Å². The van der Waals surface area contributed by atoms with Crippen LogP contribution in [0.3, 0.4) is 0 Å². The number of aryl methyl sites for hydroxylation is 1. The molecule has 0 atom stereocenters. The summed E-state index contributed by atoms with van der Waals surface area (Å²) >= 11 is 0. The van der Waals surface area contributed by atoms with Crippen molar-refractivity contribution in [1.29, 1.82) is 0 Å². The highest BCUT2D eigenvalue weighted by atomic mass is 16.2. The number of hydrogen-bond donors (Lipinski definition) is 1. The van der Waals surface area contributed by atoms with Gasteiger partial charge in [0.1, 0.15) is 5.82 Å². The largest absolute Gasteiger partial charge is 0.333 e. The maximum Gasteiger partial charge on any atom is 0.258 e. The van der Waals surface area contributed by atoms with Crippen molar-refractivity contribution in [2.75, 3.05) is 0 Å². The average molecular weight is 415 g/mol. The zero-order chi connectivity index (χ0) is 21.8. The molecular formula is C24H25N5O2. The Bertz CT molecular complexity index is 1240. The van der Waals surface area contributed by atoms with Crippen LogP contribution < -0.4 is 5.56 Å². The van der Waals surface area contributed by atoms with Crippen LogP contribution in [0.25, 0.3) is 16.6 Å². The van der Waals surface area contributed by atoms with Crippen LogP contribution in [0.1, 0.15) is 31.7 Å². The smallest absolute Gasteiger partial charge is 0.258 e. The Kier molecular flexibility index (Phi) is 5.93. The van der Waals surface area contributed by atoms with E-state index in [2.05, 4.69) is 15.1 Å². The van der Waals surface area contributed by atoms with Gasteiger partial charge in [0.05, 0.1) is 29.3 Å². The molecule has 4 aromatic rings. The Morgan fingerprint density at radius 3 is 2.61 bits per heavy atom. The topological polar surface area (TPSA) is 83.9 Å². The number of aromatic nitrogens is 4. The predicted octanol–water partition coefficient (Wildman–Crippen LogP) is 3.48. The number of nitrogens with one attached hydrogen (secondary N) is 1. The fourth-order valence-corrected chi connectivity index (χ4v) is 3.54. The molecule has 2 aromatic carbocycles. The summed E-state index contributed by atoms with van der Waals surface area (Å²) in [6.45, 7) is 4.19. The lowest BCUT2D eigenvalue weighted by Crippen LogP contribution is -2.37. The van der Waals surface area contributed by atoms with E-state index in [1.165, 1.54) is 0 Å². The van der Waals surface area contributed by atoms with Crippen LogP contribution in [0, 0.1) is 0 Å². The number of H-pyrrole nitrogens is 1. The number of benzene rings is 2. The van der Waals surface area contributed by atoms with E-state index in [0.717, 1.165) is 11.3 Å². The van der Waals surface area contributed by atoms with Crippen molar-refractivity contribution < 1.29 is 4.79 Å². The number of aromatic amines is 1. The summed E-state index contributed by atoms with van der Waals surface area (Å²) in [6.07, 6.45) is 4.69. The van der Waals surface area contributed by atoms with Gasteiger partial charge in [-0.15, -0.1) is 0 Å². The standard InChI is InChI=1S/C24H25N5O2/c1-17(2)28(16-22-26-21-11-7-6-10-20(21)24(31)27-22)23(30)13-12-18-14-25-29(15-18)19-8-4-3-5-9-19/h3-11,14-15,17H,12-13,16H2,1-2H3,(H,26,27,31). The van der Waals surface area contributed by atoms with Crippen molar-refractivity contribution >= 4 is 16.8 Å². The molecule has 0 aliphatic rings. The summed E-state index contributed by atoms with van der Waals surface area (Å²) in [5, 5.41) is 4.94. The first-order chi connectivity index (χ1) is 15.0. The lowest BCUT2D eigenvalue weighted by atomic mass is 10.1. The number of carbonyl (C=O) groups is 1. The molecule has 158 valence electrons. The minimum absolute atomic E-state index is 0.0123. The third-order valence-electron chi connectivity index (χ3n) is 5.21. The number of hydrogen-bond acceptors (Lipinski definition) is 4. The van der Waals surface area contributed by atoms with Gasteiger partial charge in [0, 0.05) is 18.7 Å². The number of rotatable bonds is 7. The number of fused-ring (bicyclic) bond motifs is 1. The molecule has 2 aromatic heterocycles. The molecule has 0 aliphatic heterocycles. The van der Waals surface area contributed by atoms with E-state index in [0.29, 0.717) is 29.6 Å². The van der Waals surface area contributed by atoms with E-state index in [1.807, 2.05) is 67.2 Å². The Morgan fingerprint density at radius 1 is 1.10 bits per heavy atom. The Morgan fingerprint density at radius 2 is 1.84 bits per heavy atom. The summed E-state index contributed by atoms with van der Waals surface area (Å²) in [5.41, 5.74) is 2.42. The summed E-state index contributed by atoms with van der Waals surface area (Å²) in [4.78, 5) is 34.4. The van der Waals surface area contributed by atoms with Gasteiger partial charge in [0.25, 0.3) is 5.56 Å². The second-order valence-electron chi connectivity index (χ2n) is 7.77. The summed E-state index contributed by atoms with van der Waals surface area (Å²) in [5.74, 6) is 0.501. The van der Waals surface area contributed by atoms with Gasteiger partial charge in [-0.3, -0.25) is 9.59 Å². The first-order valence-electron chi connectivity index (χ1n) is 10.4. The van der Waals surface area contributed by atoms with Crippen LogP contribution in [0.15, 0.2) is 71.8 Å². The van der Waals surface area contributed by atoms with Crippen molar-refractivity contribution in [1.82, 2.24) is 24.6 Å². The minimum atomic E-state index is -0.190. The Balaban J connectivity index is 1.45. The van der Waals surface area contributed by atoms with E-state index in [9.17, 15) is 9.59 Å². The maximum atomic E-state index is 13.0. The number of para-hydroxylation sites is 2. The molecule has 0 fully saturated rings. The molecular weight excluding hydrogens is 390 g/mol. The molecule has 0 unspecified atom stereocenters. The average Bonchev–Trinajstić information content (AvgIpc) is 3.25. The van der Waals surface area contributed by atoms with Crippen LogP contribution in [-0.4, -0.2) is 36.6 Å². The SMILES string of the molecule is CC(C)N(Cc1nc2ccccc2c(=O)[nH]1)C(=O)CCc1cnn(-c2ccccc2)c1. The molecule has 31 heavy (non-hydrogen) atoms. The van der Waals surface area contributed by atoms with E-state index in [1.54, 1.807) is 23.2 Å². The lowest BCUT2D eigenvalue weighted by Gasteiger charge is -2.26. The maximum absolute atomic E-state index is 13.0. The van der Waals surface area contributed by atoms with Gasteiger partial charge >= 0.3 is 0 Å². The fourth-order valence-electron chi connectivity index (χ4n) is 3.54. The zero-order valence-electron chi connectivity index (χ0n) is 17.7. The normalized spacial score (nSPS) is 11.2. The number of carbonyl (C=O) groups excluding carboxylic acids is 1.